The second-order valence-electron chi connectivity index (χ2n) is 5.25. The maximum atomic E-state index is 12.6. The Hall–Kier alpha value is -2.65. The summed E-state index contributed by atoms with van der Waals surface area (Å²) in [5.41, 5.74) is -0.367. The number of aromatic nitrogens is 2. The van der Waals surface area contributed by atoms with Crippen molar-refractivity contribution in [1.29, 1.82) is 0 Å². The van der Waals surface area contributed by atoms with Gasteiger partial charge in [-0.1, -0.05) is 6.07 Å². The third kappa shape index (κ3) is 4.91. The first-order valence-electron chi connectivity index (χ1n) is 7.03. The Kier molecular flexibility index (Phi) is 5.29. The van der Waals surface area contributed by atoms with E-state index < -0.39 is 30.9 Å². The van der Waals surface area contributed by atoms with E-state index in [4.69, 9.17) is 0 Å². The van der Waals surface area contributed by atoms with Crippen molar-refractivity contribution in [2.75, 3.05) is 5.32 Å². The van der Waals surface area contributed by atoms with Crippen molar-refractivity contribution in [3.8, 4) is 5.75 Å². The molecular formula is C15H14F5N3O2. The molecule has 25 heavy (non-hydrogen) atoms. The number of nitrogens with one attached hydrogen (secondary N) is 1. The average molecular weight is 363 g/mol. The number of amides is 1. The van der Waals surface area contributed by atoms with E-state index in [-0.39, 0.29) is 17.1 Å². The highest BCUT2D eigenvalue weighted by atomic mass is 19.4. The molecule has 2 aromatic rings. The van der Waals surface area contributed by atoms with Crippen molar-refractivity contribution in [2.24, 2.45) is 0 Å². The molecule has 1 heterocycles. The van der Waals surface area contributed by atoms with Crippen LogP contribution in [0.4, 0.5) is 27.6 Å². The number of ether oxygens (including phenoxy) is 1. The van der Waals surface area contributed by atoms with Crippen molar-refractivity contribution in [3.05, 3.63) is 41.2 Å². The number of rotatable bonds is 5. The Morgan fingerprint density at radius 2 is 1.96 bits per heavy atom. The second-order valence-corrected chi connectivity index (χ2v) is 5.25. The first-order chi connectivity index (χ1) is 11.6. The van der Waals surface area contributed by atoms with Crippen LogP contribution in [0.5, 0.6) is 5.75 Å². The average Bonchev–Trinajstić information content (AvgIpc) is 2.82. The lowest BCUT2D eigenvalue weighted by Crippen LogP contribution is -2.21. The molecule has 0 unspecified atom stereocenters. The van der Waals surface area contributed by atoms with Crippen LogP contribution in [0.1, 0.15) is 17.0 Å². The number of hydrogen-bond acceptors (Lipinski definition) is 3. The third-order valence-electron chi connectivity index (χ3n) is 3.19. The molecule has 1 N–H and O–H groups in total. The monoisotopic (exact) mass is 363 g/mol. The van der Waals surface area contributed by atoms with Crippen LogP contribution in [0.25, 0.3) is 0 Å². The fourth-order valence-corrected chi connectivity index (χ4v) is 2.06. The van der Waals surface area contributed by atoms with Gasteiger partial charge in [0.05, 0.1) is 5.69 Å². The van der Waals surface area contributed by atoms with Gasteiger partial charge in [0.1, 0.15) is 12.3 Å². The first kappa shape index (κ1) is 18.7. The lowest BCUT2D eigenvalue weighted by molar-refractivity contribution is -0.141. The number of carbonyl (C=O) groups excluding carboxylic acids is 1. The molecule has 0 bridgehead atoms. The zero-order chi connectivity index (χ0) is 18.8. The summed E-state index contributed by atoms with van der Waals surface area (Å²) >= 11 is 0. The highest BCUT2D eigenvalue weighted by molar-refractivity contribution is 5.92. The minimum absolute atomic E-state index is 0.0169. The number of benzene rings is 1. The molecule has 0 spiro atoms. The van der Waals surface area contributed by atoms with Crippen molar-refractivity contribution in [1.82, 2.24) is 9.78 Å². The van der Waals surface area contributed by atoms with Gasteiger partial charge in [0, 0.05) is 5.69 Å². The van der Waals surface area contributed by atoms with Crippen LogP contribution in [-0.4, -0.2) is 22.3 Å². The summed E-state index contributed by atoms with van der Waals surface area (Å²) in [4.78, 5) is 12.0. The minimum atomic E-state index is -4.62. The topological polar surface area (TPSA) is 56.2 Å². The van der Waals surface area contributed by atoms with Crippen molar-refractivity contribution in [2.45, 2.75) is 33.2 Å². The van der Waals surface area contributed by atoms with Crippen LogP contribution in [0, 0.1) is 13.8 Å². The standard InChI is InChI=1S/C15H14F5N3O2/c1-8-3-4-10(11(5-8)25-14(16)17)21-13(24)7-23-9(2)6-12(22-23)15(18,19)20/h3-6,14H,7H2,1-2H3,(H,21,24). The summed E-state index contributed by atoms with van der Waals surface area (Å²) in [6, 6.07) is 5.05. The van der Waals surface area contributed by atoms with Crippen molar-refractivity contribution >= 4 is 11.6 Å². The van der Waals surface area contributed by atoms with E-state index in [2.05, 4.69) is 15.2 Å². The number of aryl methyl sites for hydroxylation is 2. The third-order valence-corrected chi connectivity index (χ3v) is 3.19. The summed E-state index contributed by atoms with van der Waals surface area (Å²) < 4.78 is 67.9. The fourth-order valence-electron chi connectivity index (χ4n) is 2.06. The number of carbonyl (C=O) groups is 1. The van der Waals surface area contributed by atoms with Crippen LogP contribution in [-0.2, 0) is 17.5 Å². The summed E-state index contributed by atoms with van der Waals surface area (Å²) in [6.07, 6.45) is -4.62. The van der Waals surface area contributed by atoms with Gasteiger partial charge >= 0.3 is 12.8 Å². The molecule has 0 aliphatic rings. The molecule has 1 aromatic carbocycles. The molecular weight excluding hydrogens is 349 g/mol. The van der Waals surface area contributed by atoms with Gasteiger partial charge < -0.3 is 10.1 Å². The molecule has 1 aromatic heterocycles. The molecule has 10 heteroatoms. The molecule has 0 aliphatic carbocycles. The highest BCUT2D eigenvalue weighted by Gasteiger charge is 2.34. The second kappa shape index (κ2) is 7.08. The molecule has 0 aliphatic heterocycles. The zero-order valence-electron chi connectivity index (χ0n) is 13.2. The first-order valence-corrected chi connectivity index (χ1v) is 7.03. The molecule has 1 amide bonds. The minimum Gasteiger partial charge on any atom is -0.433 e. The van der Waals surface area contributed by atoms with Gasteiger partial charge in [-0.25, -0.2) is 0 Å². The van der Waals surface area contributed by atoms with E-state index >= 15 is 0 Å². The number of alkyl halides is 5. The van der Waals surface area contributed by atoms with Gasteiger partial charge in [-0.2, -0.15) is 27.1 Å². The molecule has 0 fully saturated rings. The maximum Gasteiger partial charge on any atom is 0.435 e. The predicted octanol–water partition coefficient (Wildman–Crippen LogP) is 3.76. The molecule has 0 saturated carbocycles. The van der Waals surface area contributed by atoms with Crippen LogP contribution >= 0.6 is 0 Å². The van der Waals surface area contributed by atoms with Gasteiger partial charge in [0.15, 0.2) is 5.69 Å². The summed E-state index contributed by atoms with van der Waals surface area (Å²) in [7, 11) is 0. The quantitative estimate of drug-likeness (QED) is 0.823. The van der Waals surface area contributed by atoms with Gasteiger partial charge in [-0.3, -0.25) is 9.48 Å². The molecule has 0 radical (unpaired) electrons. The Morgan fingerprint density at radius 3 is 2.52 bits per heavy atom. The highest BCUT2D eigenvalue weighted by Crippen LogP contribution is 2.29. The van der Waals surface area contributed by atoms with Crippen LogP contribution < -0.4 is 10.1 Å². The van der Waals surface area contributed by atoms with Crippen LogP contribution in [0.15, 0.2) is 24.3 Å². The molecule has 2 rings (SSSR count). The summed E-state index contributed by atoms with van der Waals surface area (Å²) in [5.74, 6) is -0.973. The van der Waals surface area contributed by atoms with Gasteiger partial charge in [0.2, 0.25) is 5.91 Å². The maximum absolute atomic E-state index is 12.6. The van der Waals surface area contributed by atoms with E-state index in [9.17, 15) is 26.7 Å². The Bertz CT molecular complexity index is 771. The predicted molar refractivity (Wildman–Crippen MR) is 78.4 cm³/mol. The normalized spacial score (nSPS) is 11.7. The summed E-state index contributed by atoms with van der Waals surface area (Å²) in [6.45, 7) is -0.577. The lowest BCUT2D eigenvalue weighted by Gasteiger charge is -2.13. The lowest BCUT2D eigenvalue weighted by atomic mass is 10.2. The SMILES string of the molecule is Cc1ccc(NC(=O)Cn2nc(C(F)(F)F)cc2C)c(OC(F)F)c1. The largest absolute Gasteiger partial charge is 0.435 e. The molecule has 0 saturated heterocycles. The number of hydrogen-bond donors (Lipinski definition) is 1. The van der Waals surface area contributed by atoms with Gasteiger partial charge in [-0.15, -0.1) is 0 Å². The Morgan fingerprint density at radius 1 is 1.28 bits per heavy atom. The van der Waals surface area contributed by atoms with Gasteiger partial charge in [0.25, 0.3) is 0 Å². The van der Waals surface area contributed by atoms with E-state index in [1.165, 1.54) is 19.1 Å². The Balaban J connectivity index is 2.15. The molecule has 5 nitrogen and oxygen atoms in total. The van der Waals surface area contributed by atoms with Crippen molar-refractivity contribution in [3.63, 3.8) is 0 Å². The van der Waals surface area contributed by atoms with E-state index in [0.29, 0.717) is 5.56 Å². The molecule has 136 valence electrons. The zero-order valence-corrected chi connectivity index (χ0v) is 13.2. The summed E-state index contributed by atoms with van der Waals surface area (Å²) in [5, 5.41) is 5.65. The van der Waals surface area contributed by atoms with E-state index in [1.54, 1.807) is 13.0 Å². The van der Waals surface area contributed by atoms with Crippen LogP contribution in [0.2, 0.25) is 0 Å². The fraction of sp³-hybridized carbons (Fsp3) is 0.333. The van der Waals surface area contributed by atoms with Crippen molar-refractivity contribution < 1.29 is 31.5 Å². The van der Waals surface area contributed by atoms with Gasteiger partial charge in [-0.05, 0) is 37.6 Å². The Labute approximate surface area is 139 Å². The van der Waals surface area contributed by atoms with Crippen LogP contribution in [0.3, 0.4) is 0 Å². The smallest absolute Gasteiger partial charge is 0.433 e. The van der Waals surface area contributed by atoms with E-state index in [1.807, 2.05) is 0 Å². The molecule has 0 atom stereocenters. The number of anilines is 1. The van der Waals surface area contributed by atoms with E-state index in [0.717, 1.165) is 10.7 Å². The number of halogens is 5. The number of nitrogens with zero attached hydrogens (tertiary/aromatic N) is 2.